The quantitative estimate of drug-likeness (QED) is 0.0845. The molecule has 4 aromatic rings. The second-order valence-electron chi connectivity index (χ2n) is 15.5. The largest absolute Gasteiger partial charge is 0.395 e. The van der Waals surface area contributed by atoms with Gasteiger partial charge in [0.15, 0.2) is 0 Å². The first-order valence-corrected chi connectivity index (χ1v) is 20.5. The van der Waals surface area contributed by atoms with E-state index >= 15 is 0 Å². The predicted octanol–water partition coefficient (Wildman–Crippen LogP) is 12.1. The number of hydrogen-bond acceptors (Lipinski definition) is 3. The normalized spacial score (nSPS) is 11.8. The summed E-state index contributed by atoms with van der Waals surface area (Å²) in [6.45, 7) is 28.6. The number of para-hydroxylation sites is 1. The van der Waals surface area contributed by atoms with E-state index < -0.39 is 10.1 Å². The molecule has 0 fully saturated rings. The average molecular weight is 809 g/mol. The Morgan fingerprint density at radius 3 is 1.54 bits per heavy atom. The van der Waals surface area contributed by atoms with Crippen molar-refractivity contribution in [3.05, 3.63) is 108 Å². The number of anilines is 1. The van der Waals surface area contributed by atoms with Gasteiger partial charge in [0, 0.05) is 27.5 Å². The molecule has 2 N–H and O–H groups in total. The van der Waals surface area contributed by atoms with Gasteiger partial charge in [0.2, 0.25) is 0 Å². The van der Waals surface area contributed by atoms with Gasteiger partial charge in [-0.15, -0.1) is 35.9 Å². The van der Waals surface area contributed by atoms with Crippen LogP contribution in [0.5, 0.6) is 0 Å². The molecule has 50 heavy (non-hydrogen) atoms. The zero-order valence-corrected chi connectivity index (χ0v) is 36.0. The molecule has 0 aliphatic rings. The van der Waals surface area contributed by atoms with Crippen LogP contribution in [-0.2, 0) is 30.5 Å². The van der Waals surface area contributed by atoms with E-state index in [0.717, 1.165) is 11.3 Å². The Balaban J connectivity index is 0.000000514. The van der Waals surface area contributed by atoms with E-state index in [9.17, 15) is 8.42 Å². The smallest absolute Gasteiger partial charge is 0.261 e. The fourth-order valence-corrected chi connectivity index (χ4v) is 10.5. The van der Waals surface area contributed by atoms with Crippen LogP contribution in [0.1, 0.15) is 118 Å². The summed E-state index contributed by atoms with van der Waals surface area (Å²) >= 11 is 0. The Morgan fingerprint density at radius 1 is 0.700 bits per heavy atom. The first-order valence-electron chi connectivity index (χ1n) is 17.3. The second-order valence-corrected chi connectivity index (χ2v) is 20.8. The fourth-order valence-electron chi connectivity index (χ4n) is 6.37. The minimum absolute atomic E-state index is 0. The van der Waals surface area contributed by atoms with Gasteiger partial charge in [-0.1, -0.05) is 151 Å². The summed E-state index contributed by atoms with van der Waals surface area (Å²) in [5, 5.41) is 5.23. The van der Waals surface area contributed by atoms with Crippen molar-refractivity contribution < 1.29 is 33.4 Å². The molecule has 4 rings (SSSR count). The average Bonchev–Trinajstić information content (AvgIpc) is 2.99. The molecule has 0 saturated carbocycles. The first-order chi connectivity index (χ1) is 22.6. The van der Waals surface area contributed by atoms with Crippen LogP contribution in [0.2, 0.25) is 0 Å². The van der Waals surface area contributed by atoms with Gasteiger partial charge in [-0.25, -0.2) is 0 Å². The molecule has 0 amide bonds. The maximum absolute atomic E-state index is 9.19. The van der Waals surface area contributed by atoms with Gasteiger partial charge >= 0.3 is 0 Å². The summed E-state index contributed by atoms with van der Waals surface area (Å²) in [6.07, 6.45) is 0.715. The molecule has 0 saturated heterocycles. The molecule has 0 atom stereocenters. The SMILES string of the molecule is CC(C)c1cc(C(C)C)c(-c2ccccc2P(C(C)(C)C)C(C)(C)C)c(C(C)C)c1.CNc1ccccc1-c1[c-]cccc1.CS(=O)(=O)O.[Pd]. The van der Waals surface area contributed by atoms with Crippen molar-refractivity contribution in [2.45, 2.75) is 111 Å². The molecule has 0 radical (unpaired) electrons. The fraction of sp³-hybridized carbons (Fsp3) is 0.442. The molecule has 0 bridgehead atoms. The number of rotatable bonds is 7. The van der Waals surface area contributed by atoms with Crippen LogP contribution in [0.3, 0.4) is 0 Å². The monoisotopic (exact) mass is 808 g/mol. The van der Waals surface area contributed by atoms with Crippen molar-refractivity contribution in [1.82, 2.24) is 0 Å². The zero-order valence-electron chi connectivity index (χ0n) is 32.8. The Bertz CT molecular complexity index is 1690. The van der Waals surface area contributed by atoms with Gasteiger partial charge in [-0.2, -0.15) is 8.42 Å². The maximum atomic E-state index is 9.19. The predicted molar refractivity (Wildman–Crippen MR) is 218 cm³/mol. The topological polar surface area (TPSA) is 66.4 Å². The molecule has 0 unspecified atom stereocenters. The molecule has 4 nitrogen and oxygen atoms in total. The second kappa shape index (κ2) is 19.5. The molecule has 0 aliphatic heterocycles. The van der Waals surface area contributed by atoms with E-state index in [2.05, 4.69) is 149 Å². The molecule has 278 valence electrons. The number of hydrogen-bond donors (Lipinski definition) is 2. The minimum atomic E-state index is -3.67. The van der Waals surface area contributed by atoms with Crippen LogP contribution >= 0.6 is 7.92 Å². The third kappa shape index (κ3) is 13.7. The standard InChI is InChI=1S/C29H45P.C13H12N.CH4O3S.Pd/c1-19(2)22-17-24(20(3)4)27(25(18-22)21(5)6)23-15-13-14-16-26(23)30(28(7,8)9)29(10,11)12;1-14-13-10-6-5-9-12(13)11-7-3-2-4-8-11;1-5(2,3)4;/h13-21H,1-12H3;2-7,9-10,14H,1H3;1H3,(H,2,3,4);/q;-1;;. The Hall–Kier alpha value is -2.32. The Morgan fingerprint density at radius 2 is 1.14 bits per heavy atom. The Kier molecular flexibility index (Phi) is 17.8. The molecular weight excluding hydrogens is 748 g/mol. The summed E-state index contributed by atoms with van der Waals surface area (Å²) in [4.78, 5) is 0. The first kappa shape index (κ1) is 45.7. The van der Waals surface area contributed by atoms with Crippen LogP contribution in [0, 0.1) is 6.07 Å². The summed E-state index contributed by atoms with van der Waals surface area (Å²) in [5.74, 6) is 1.55. The van der Waals surface area contributed by atoms with E-state index in [-0.39, 0.29) is 38.7 Å². The van der Waals surface area contributed by atoms with Crippen LogP contribution in [-0.4, -0.2) is 36.6 Å². The van der Waals surface area contributed by atoms with Gasteiger partial charge in [0.25, 0.3) is 10.1 Å². The van der Waals surface area contributed by atoms with Gasteiger partial charge < -0.3 is 5.32 Å². The van der Waals surface area contributed by atoms with Crippen molar-refractivity contribution in [1.29, 1.82) is 0 Å². The Labute approximate surface area is 320 Å². The van der Waals surface area contributed by atoms with E-state index in [4.69, 9.17) is 4.55 Å². The molecule has 4 aromatic carbocycles. The van der Waals surface area contributed by atoms with Crippen LogP contribution < -0.4 is 10.6 Å². The third-order valence-corrected chi connectivity index (χ3v) is 11.6. The summed E-state index contributed by atoms with van der Waals surface area (Å²) in [5.41, 5.74) is 10.9. The summed E-state index contributed by atoms with van der Waals surface area (Å²) in [6, 6.07) is 33.7. The van der Waals surface area contributed by atoms with Crippen molar-refractivity contribution in [3.8, 4) is 22.3 Å². The van der Waals surface area contributed by atoms with Crippen LogP contribution in [0.25, 0.3) is 22.3 Å². The van der Waals surface area contributed by atoms with Gasteiger partial charge in [0.05, 0.1) is 6.26 Å². The molecule has 7 heteroatoms. The van der Waals surface area contributed by atoms with Crippen molar-refractivity contribution in [3.63, 3.8) is 0 Å². The molecule has 0 heterocycles. The zero-order chi connectivity index (χ0) is 37.3. The molecule has 0 aromatic heterocycles. The van der Waals surface area contributed by atoms with Crippen LogP contribution in [0.15, 0.2) is 84.9 Å². The maximum Gasteiger partial charge on any atom is 0.261 e. The van der Waals surface area contributed by atoms with Crippen molar-refractivity contribution in [2.24, 2.45) is 0 Å². The van der Waals surface area contributed by atoms with Gasteiger partial charge in [0.1, 0.15) is 0 Å². The van der Waals surface area contributed by atoms with E-state index in [0.29, 0.717) is 24.0 Å². The third-order valence-electron chi connectivity index (χ3n) is 8.08. The minimum Gasteiger partial charge on any atom is -0.395 e. The molecule has 0 spiro atoms. The number of benzene rings is 4. The van der Waals surface area contributed by atoms with Crippen molar-refractivity contribution in [2.75, 3.05) is 18.6 Å². The van der Waals surface area contributed by atoms with Gasteiger partial charge in [-0.05, 0) is 72.9 Å². The van der Waals surface area contributed by atoms with E-state index in [1.165, 1.54) is 33.4 Å². The van der Waals surface area contributed by atoms with E-state index in [1.54, 1.807) is 5.30 Å². The molecular formula is C43H61NO3PPdS-. The van der Waals surface area contributed by atoms with Crippen molar-refractivity contribution >= 4 is 29.0 Å². The van der Waals surface area contributed by atoms with Gasteiger partial charge in [-0.3, -0.25) is 4.55 Å². The van der Waals surface area contributed by atoms with E-state index in [1.807, 2.05) is 37.4 Å². The summed E-state index contributed by atoms with van der Waals surface area (Å²) in [7, 11) is -2.10. The number of nitrogens with one attached hydrogen (secondary N) is 1. The molecule has 0 aliphatic carbocycles. The van der Waals surface area contributed by atoms with Crippen LogP contribution in [0.4, 0.5) is 5.69 Å². The summed E-state index contributed by atoms with van der Waals surface area (Å²) < 4.78 is 25.9.